The highest BCUT2D eigenvalue weighted by Crippen LogP contribution is 2.11. The van der Waals surface area contributed by atoms with Gasteiger partial charge in [-0.1, -0.05) is 12.1 Å². The molecule has 0 aliphatic rings. The Kier molecular flexibility index (Phi) is 5.68. The van der Waals surface area contributed by atoms with Crippen LogP contribution in [0.5, 0.6) is 0 Å². The van der Waals surface area contributed by atoms with E-state index >= 15 is 0 Å². The highest BCUT2D eigenvalue weighted by atomic mass is 32.1. The van der Waals surface area contributed by atoms with Crippen LogP contribution in [0.1, 0.15) is 19.3 Å². The molecule has 0 spiro atoms. The van der Waals surface area contributed by atoms with E-state index in [2.05, 4.69) is 10.1 Å². The van der Waals surface area contributed by atoms with Crippen molar-refractivity contribution in [1.82, 2.24) is 5.32 Å². The number of methoxy groups -OCH3 is 1. The third-order valence-corrected chi connectivity index (χ3v) is 4.36. The number of carbonyl (C=O) groups excluding carboxylic acids is 3. The molecule has 0 fully saturated rings. The maximum atomic E-state index is 12.0. The van der Waals surface area contributed by atoms with Gasteiger partial charge in [-0.15, -0.1) is 22.7 Å². The maximum Gasteiger partial charge on any atom is 0.348 e. The van der Waals surface area contributed by atoms with Gasteiger partial charge in [0.25, 0.3) is 5.91 Å². The lowest BCUT2D eigenvalue weighted by molar-refractivity contribution is -0.143. The van der Waals surface area contributed by atoms with Crippen LogP contribution >= 0.6 is 22.7 Å². The van der Waals surface area contributed by atoms with Crippen molar-refractivity contribution >= 4 is 40.5 Å². The first-order chi connectivity index (χ1) is 10.6. The number of hydrogen-bond acceptors (Lipinski definition) is 7. The van der Waals surface area contributed by atoms with Crippen LogP contribution in [0, 0.1) is 0 Å². The normalized spacial score (nSPS) is 11.5. The Morgan fingerprint density at radius 2 is 1.77 bits per heavy atom. The predicted octanol–water partition coefficient (Wildman–Crippen LogP) is 1.94. The van der Waals surface area contributed by atoms with Crippen LogP contribution in [0.25, 0.3) is 0 Å². The SMILES string of the molecule is COC(=O)C(COC(=O)c1cccs1)NC(=O)c1cccs1. The number of rotatable bonds is 6. The molecule has 22 heavy (non-hydrogen) atoms. The smallest absolute Gasteiger partial charge is 0.348 e. The van der Waals surface area contributed by atoms with Crippen molar-refractivity contribution in [1.29, 1.82) is 0 Å². The van der Waals surface area contributed by atoms with Gasteiger partial charge >= 0.3 is 11.9 Å². The number of ether oxygens (including phenoxy) is 2. The van der Waals surface area contributed by atoms with E-state index in [0.717, 1.165) is 0 Å². The Labute approximate surface area is 134 Å². The van der Waals surface area contributed by atoms with Gasteiger partial charge in [-0.2, -0.15) is 0 Å². The summed E-state index contributed by atoms with van der Waals surface area (Å²) >= 11 is 2.48. The van der Waals surface area contributed by atoms with Crippen LogP contribution in [0.4, 0.5) is 0 Å². The van der Waals surface area contributed by atoms with E-state index in [9.17, 15) is 14.4 Å². The summed E-state index contributed by atoms with van der Waals surface area (Å²) in [5.74, 6) is -1.64. The Balaban J connectivity index is 1.96. The summed E-state index contributed by atoms with van der Waals surface area (Å²) in [5, 5.41) is 5.99. The molecule has 0 saturated heterocycles. The zero-order valence-corrected chi connectivity index (χ0v) is 13.2. The predicted molar refractivity (Wildman–Crippen MR) is 82.2 cm³/mol. The minimum Gasteiger partial charge on any atom is -0.467 e. The van der Waals surface area contributed by atoms with E-state index in [1.807, 2.05) is 0 Å². The lowest BCUT2D eigenvalue weighted by Crippen LogP contribution is -2.44. The molecule has 2 aromatic heterocycles. The van der Waals surface area contributed by atoms with E-state index in [0.29, 0.717) is 9.75 Å². The monoisotopic (exact) mass is 339 g/mol. The minimum atomic E-state index is -1.05. The molecule has 0 aliphatic heterocycles. The first-order valence-electron chi connectivity index (χ1n) is 6.24. The standard InChI is InChI=1S/C14H13NO5S2/c1-19-13(17)9(15-12(16)10-4-2-6-21-10)8-20-14(18)11-5-3-7-22-11/h2-7,9H,8H2,1H3,(H,15,16). The second-order valence-corrected chi connectivity index (χ2v) is 6.00. The average Bonchev–Trinajstić information content (AvgIpc) is 3.22. The van der Waals surface area contributed by atoms with E-state index in [1.54, 1.807) is 35.0 Å². The van der Waals surface area contributed by atoms with Crippen LogP contribution < -0.4 is 5.32 Å². The molecule has 0 saturated carbocycles. The molecule has 2 heterocycles. The molecule has 0 aliphatic carbocycles. The lowest BCUT2D eigenvalue weighted by atomic mass is 10.3. The highest BCUT2D eigenvalue weighted by molar-refractivity contribution is 7.12. The van der Waals surface area contributed by atoms with Crippen molar-refractivity contribution in [2.75, 3.05) is 13.7 Å². The number of hydrogen-bond donors (Lipinski definition) is 1. The van der Waals surface area contributed by atoms with Gasteiger partial charge in [-0.3, -0.25) is 4.79 Å². The van der Waals surface area contributed by atoms with Gasteiger partial charge in [0.2, 0.25) is 0 Å². The Hall–Kier alpha value is -2.19. The van der Waals surface area contributed by atoms with Crippen molar-refractivity contribution < 1.29 is 23.9 Å². The molecule has 0 aromatic carbocycles. The first kappa shape index (κ1) is 16.2. The zero-order valence-electron chi connectivity index (χ0n) is 11.6. The third-order valence-electron chi connectivity index (χ3n) is 2.64. The summed E-state index contributed by atoms with van der Waals surface area (Å²) in [7, 11) is 1.20. The molecular formula is C14H13NO5S2. The van der Waals surface area contributed by atoms with Gasteiger partial charge in [-0.05, 0) is 22.9 Å². The van der Waals surface area contributed by atoms with Gasteiger partial charge in [0, 0.05) is 0 Å². The molecule has 1 atom stereocenters. The molecule has 2 aromatic rings. The fourth-order valence-corrected chi connectivity index (χ4v) is 2.82. The van der Waals surface area contributed by atoms with E-state index in [1.165, 1.54) is 29.8 Å². The van der Waals surface area contributed by atoms with Crippen molar-refractivity contribution in [2.24, 2.45) is 0 Å². The Morgan fingerprint density at radius 1 is 1.14 bits per heavy atom. The second-order valence-electron chi connectivity index (χ2n) is 4.10. The van der Waals surface area contributed by atoms with Gasteiger partial charge in [0.05, 0.1) is 12.0 Å². The molecule has 2 rings (SSSR count). The number of nitrogens with one attached hydrogen (secondary N) is 1. The molecule has 1 N–H and O–H groups in total. The van der Waals surface area contributed by atoms with Crippen molar-refractivity contribution in [3.63, 3.8) is 0 Å². The maximum absolute atomic E-state index is 12.0. The van der Waals surface area contributed by atoms with Crippen molar-refractivity contribution in [2.45, 2.75) is 6.04 Å². The minimum absolute atomic E-state index is 0.291. The van der Waals surface area contributed by atoms with Gasteiger partial charge in [0.1, 0.15) is 11.5 Å². The molecule has 0 bridgehead atoms. The molecule has 6 nitrogen and oxygen atoms in total. The van der Waals surface area contributed by atoms with Crippen LogP contribution in [0.3, 0.4) is 0 Å². The fourth-order valence-electron chi connectivity index (χ4n) is 1.57. The van der Waals surface area contributed by atoms with Crippen LogP contribution in [-0.4, -0.2) is 37.6 Å². The third kappa shape index (κ3) is 4.15. The number of carbonyl (C=O) groups is 3. The zero-order chi connectivity index (χ0) is 15.9. The average molecular weight is 339 g/mol. The Morgan fingerprint density at radius 3 is 2.32 bits per heavy atom. The summed E-state index contributed by atoms with van der Waals surface area (Å²) in [6.07, 6.45) is 0. The molecule has 116 valence electrons. The summed E-state index contributed by atoms with van der Waals surface area (Å²) in [4.78, 5) is 36.3. The lowest BCUT2D eigenvalue weighted by Gasteiger charge is -2.15. The topological polar surface area (TPSA) is 81.7 Å². The van der Waals surface area contributed by atoms with Crippen LogP contribution in [0.2, 0.25) is 0 Å². The molecule has 1 amide bonds. The van der Waals surface area contributed by atoms with Crippen LogP contribution in [0.15, 0.2) is 35.0 Å². The summed E-state index contributed by atoms with van der Waals surface area (Å²) in [5.41, 5.74) is 0. The van der Waals surface area contributed by atoms with E-state index in [4.69, 9.17) is 4.74 Å². The number of thiophene rings is 2. The summed E-state index contributed by atoms with van der Waals surface area (Å²) in [6.45, 7) is -0.291. The van der Waals surface area contributed by atoms with Gasteiger partial charge in [-0.25, -0.2) is 9.59 Å². The second kappa shape index (κ2) is 7.71. The highest BCUT2D eigenvalue weighted by Gasteiger charge is 2.24. The molecule has 0 radical (unpaired) electrons. The van der Waals surface area contributed by atoms with Crippen molar-refractivity contribution in [3.05, 3.63) is 44.8 Å². The number of amides is 1. The van der Waals surface area contributed by atoms with E-state index in [-0.39, 0.29) is 6.61 Å². The molecular weight excluding hydrogens is 326 g/mol. The van der Waals surface area contributed by atoms with Gasteiger partial charge in [0.15, 0.2) is 6.04 Å². The quantitative estimate of drug-likeness (QED) is 0.814. The fraction of sp³-hybridized carbons (Fsp3) is 0.214. The number of esters is 2. The van der Waals surface area contributed by atoms with Crippen molar-refractivity contribution in [3.8, 4) is 0 Å². The summed E-state index contributed by atoms with van der Waals surface area (Å²) in [6, 6.07) is 5.64. The Bertz CT molecular complexity index is 636. The van der Waals surface area contributed by atoms with E-state index < -0.39 is 23.9 Å². The first-order valence-corrected chi connectivity index (χ1v) is 8.00. The molecule has 8 heteroatoms. The molecule has 1 unspecified atom stereocenters. The van der Waals surface area contributed by atoms with Gasteiger partial charge < -0.3 is 14.8 Å². The van der Waals surface area contributed by atoms with Crippen LogP contribution in [-0.2, 0) is 14.3 Å². The largest absolute Gasteiger partial charge is 0.467 e. The summed E-state index contributed by atoms with van der Waals surface area (Å²) < 4.78 is 9.66.